The van der Waals surface area contributed by atoms with Crippen LogP contribution in [0.3, 0.4) is 0 Å². The summed E-state index contributed by atoms with van der Waals surface area (Å²) < 4.78 is 0. The van der Waals surface area contributed by atoms with E-state index >= 15 is 0 Å². The van der Waals surface area contributed by atoms with Crippen molar-refractivity contribution >= 4 is 17.5 Å². The number of hydrogen-bond acceptors (Lipinski definition) is 4. The van der Waals surface area contributed by atoms with Crippen LogP contribution < -0.4 is 10.6 Å². The third-order valence-corrected chi connectivity index (χ3v) is 2.58. The van der Waals surface area contributed by atoms with Gasteiger partial charge in [-0.3, -0.25) is 4.79 Å². The van der Waals surface area contributed by atoms with E-state index in [1.165, 1.54) is 0 Å². The predicted molar refractivity (Wildman–Crippen MR) is 79.6 cm³/mol. The van der Waals surface area contributed by atoms with Crippen LogP contribution in [0.5, 0.6) is 0 Å². The number of benzene rings is 1. The van der Waals surface area contributed by atoms with Gasteiger partial charge in [0, 0.05) is 6.04 Å². The van der Waals surface area contributed by atoms with Gasteiger partial charge in [-0.1, -0.05) is 30.3 Å². The molecule has 0 aliphatic heterocycles. The number of anilines is 2. The van der Waals surface area contributed by atoms with Gasteiger partial charge >= 0.3 is 0 Å². The fraction of sp³-hybridized carbons (Fsp3) is 0.267. The second-order valence-corrected chi connectivity index (χ2v) is 4.81. The van der Waals surface area contributed by atoms with Gasteiger partial charge in [-0.15, -0.1) is 10.2 Å². The van der Waals surface area contributed by atoms with E-state index in [0.29, 0.717) is 24.1 Å². The Morgan fingerprint density at radius 2 is 1.70 bits per heavy atom. The molecular weight excluding hydrogens is 252 g/mol. The molecule has 0 saturated carbocycles. The van der Waals surface area contributed by atoms with Gasteiger partial charge in [0.1, 0.15) is 5.82 Å². The van der Waals surface area contributed by atoms with Crippen molar-refractivity contribution in [3.63, 3.8) is 0 Å². The first-order valence-corrected chi connectivity index (χ1v) is 6.57. The van der Waals surface area contributed by atoms with Crippen LogP contribution >= 0.6 is 0 Å². The Hall–Kier alpha value is -2.43. The highest BCUT2D eigenvalue weighted by atomic mass is 16.1. The first-order valence-electron chi connectivity index (χ1n) is 6.57. The molecule has 0 aliphatic rings. The van der Waals surface area contributed by atoms with E-state index in [4.69, 9.17) is 0 Å². The van der Waals surface area contributed by atoms with Gasteiger partial charge in [-0.05, 0) is 31.5 Å². The molecule has 5 nitrogen and oxygen atoms in total. The highest BCUT2D eigenvalue weighted by Gasteiger charge is 2.05. The van der Waals surface area contributed by atoms with Gasteiger partial charge in [0.05, 0.1) is 6.42 Å². The Morgan fingerprint density at radius 1 is 1.05 bits per heavy atom. The van der Waals surface area contributed by atoms with Gasteiger partial charge < -0.3 is 10.6 Å². The van der Waals surface area contributed by atoms with Crippen LogP contribution in [0.1, 0.15) is 19.4 Å². The largest absolute Gasteiger partial charge is 0.366 e. The molecule has 0 unspecified atom stereocenters. The number of aromatic nitrogens is 2. The maximum absolute atomic E-state index is 11.9. The average Bonchev–Trinajstić information content (AvgIpc) is 2.41. The lowest BCUT2D eigenvalue weighted by Gasteiger charge is -2.08. The van der Waals surface area contributed by atoms with Crippen LogP contribution in [0.25, 0.3) is 0 Å². The minimum atomic E-state index is -0.102. The molecule has 1 heterocycles. The van der Waals surface area contributed by atoms with Gasteiger partial charge in [-0.2, -0.15) is 0 Å². The molecule has 0 fully saturated rings. The van der Waals surface area contributed by atoms with Gasteiger partial charge in [0.2, 0.25) is 5.91 Å². The second kappa shape index (κ2) is 6.65. The molecule has 1 amide bonds. The number of carbonyl (C=O) groups excluding carboxylic acids is 1. The van der Waals surface area contributed by atoms with E-state index in [1.54, 1.807) is 12.1 Å². The second-order valence-electron chi connectivity index (χ2n) is 4.81. The molecular formula is C15H18N4O. The van der Waals surface area contributed by atoms with Gasteiger partial charge in [0.25, 0.3) is 0 Å². The fourth-order valence-electron chi connectivity index (χ4n) is 1.74. The van der Waals surface area contributed by atoms with Crippen molar-refractivity contribution in [3.8, 4) is 0 Å². The average molecular weight is 270 g/mol. The normalized spacial score (nSPS) is 10.3. The molecule has 20 heavy (non-hydrogen) atoms. The Kier molecular flexibility index (Phi) is 4.65. The zero-order valence-electron chi connectivity index (χ0n) is 11.6. The summed E-state index contributed by atoms with van der Waals surface area (Å²) in [6, 6.07) is 13.4. The summed E-state index contributed by atoms with van der Waals surface area (Å²) in [5.74, 6) is 1.05. The van der Waals surface area contributed by atoms with E-state index in [1.807, 2.05) is 44.2 Å². The number of amides is 1. The Morgan fingerprint density at radius 3 is 2.30 bits per heavy atom. The molecule has 0 aliphatic carbocycles. The minimum absolute atomic E-state index is 0.102. The van der Waals surface area contributed by atoms with Crippen molar-refractivity contribution in [2.24, 2.45) is 0 Å². The summed E-state index contributed by atoms with van der Waals surface area (Å²) in [4.78, 5) is 11.9. The van der Waals surface area contributed by atoms with Crippen molar-refractivity contribution in [1.82, 2.24) is 10.2 Å². The zero-order valence-corrected chi connectivity index (χ0v) is 11.6. The SMILES string of the molecule is CC(C)Nc1ccc(NC(=O)Cc2ccccc2)nn1. The number of nitrogens with one attached hydrogen (secondary N) is 2. The molecule has 1 aromatic carbocycles. The summed E-state index contributed by atoms with van der Waals surface area (Å²) in [6.07, 6.45) is 0.328. The first kappa shape index (κ1) is 14.0. The lowest BCUT2D eigenvalue weighted by molar-refractivity contribution is -0.115. The number of hydrogen-bond donors (Lipinski definition) is 2. The van der Waals surface area contributed by atoms with Crippen molar-refractivity contribution in [2.75, 3.05) is 10.6 Å². The topological polar surface area (TPSA) is 66.9 Å². The summed E-state index contributed by atoms with van der Waals surface area (Å²) in [7, 11) is 0. The molecule has 0 saturated heterocycles. The number of nitrogens with zero attached hydrogens (tertiary/aromatic N) is 2. The first-order chi connectivity index (χ1) is 9.63. The monoisotopic (exact) mass is 270 g/mol. The van der Waals surface area contributed by atoms with Crippen LogP contribution in [0.2, 0.25) is 0 Å². The third kappa shape index (κ3) is 4.35. The Balaban J connectivity index is 1.91. The van der Waals surface area contributed by atoms with Crippen molar-refractivity contribution in [2.45, 2.75) is 26.3 Å². The highest BCUT2D eigenvalue weighted by Crippen LogP contribution is 2.08. The van der Waals surface area contributed by atoms with E-state index < -0.39 is 0 Å². The van der Waals surface area contributed by atoms with Crippen molar-refractivity contribution < 1.29 is 4.79 Å². The smallest absolute Gasteiger partial charge is 0.229 e. The van der Waals surface area contributed by atoms with Crippen LogP contribution in [-0.2, 0) is 11.2 Å². The van der Waals surface area contributed by atoms with Crippen LogP contribution in [0, 0.1) is 0 Å². The maximum atomic E-state index is 11.9. The summed E-state index contributed by atoms with van der Waals surface area (Å²) in [5, 5.41) is 13.8. The summed E-state index contributed by atoms with van der Waals surface area (Å²) in [6.45, 7) is 4.05. The van der Waals surface area contributed by atoms with Crippen LogP contribution in [0.4, 0.5) is 11.6 Å². The maximum Gasteiger partial charge on any atom is 0.229 e. The van der Waals surface area contributed by atoms with Crippen LogP contribution in [0.15, 0.2) is 42.5 Å². The van der Waals surface area contributed by atoms with Crippen molar-refractivity contribution in [3.05, 3.63) is 48.0 Å². The number of carbonyl (C=O) groups is 1. The van der Waals surface area contributed by atoms with E-state index in [2.05, 4.69) is 20.8 Å². The Labute approximate surface area is 118 Å². The molecule has 1 aromatic heterocycles. The van der Waals surface area contributed by atoms with Crippen molar-refractivity contribution in [1.29, 1.82) is 0 Å². The highest BCUT2D eigenvalue weighted by molar-refractivity contribution is 5.91. The van der Waals surface area contributed by atoms with Gasteiger partial charge in [-0.25, -0.2) is 0 Å². The van der Waals surface area contributed by atoms with Gasteiger partial charge in [0.15, 0.2) is 5.82 Å². The van der Waals surface area contributed by atoms with Crippen LogP contribution in [-0.4, -0.2) is 22.1 Å². The van der Waals surface area contributed by atoms with E-state index in [-0.39, 0.29) is 5.91 Å². The third-order valence-electron chi connectivity index (χ3n) is 2.58. The molecule has 104 valence electrons. The minimum Gasteiger partial charge on any atom is -0.366 e. The quantitative estimate of drug-likeness (QED) is 0.876. The lowest BCUT2D eigenvalue weighted by atomic mass is 10.1. The predicted octanol–water partition coefficient (Wildman–Crippen LogP) is 2.48. The molecule has 2 aromatic rings. The lowest BCUT2D eigenvalue weighted by Crippen LogP contribution is -2.16. The van der Waals surface area contributed by atoms with E-state index in [0.717, 1.165) is 5.56 Å². The zero-order chi connectivity index (χ0) is 14.4. The summed E-state index contributed by atoms with van der Waals surface area (Å²) in [5.41, 5.74) is 0.969. The molecule has 5 heteroatoms. The standard InChI is InChI=1S/C15H18N4O/c1-11(2)16-13-8-9-14(19-18-13)17-15(20)10-12-6-4-3-5-7-12/h3-9,11H,10H2,1-2H3,(H,16,18)(H,17,19,20). The number of rotatable bonds is 5. The molecule has 2 N–H and O–H groups in total. The molecule has 2 rings (SSSR count). The molecule has 0 spiro atoms. The molecule has 0 radical (unpaired) electrons. The Bertz CT molecular complexity index is 552. The fourth-order valence-corrected chi connectivity index (χ4v) is 1.74. The van der Waals surface area contributed by atoms with E-state index in [9.17, 15) is 4.79 Å². The molecule has 0 bridgehead atoms. The summed E-state index contributed by atoms with van der Waals surface area (Å²) >= 11 is 0. The molecule has 0 atom stereocenters.